The Hall–Kier alpha value is -1.89. The number of piperidine rings is 1. The van der Waals surface area contributed by atoms with Crippen LogP contribution < -0.4 is 10.9 Å². The van der Waals surface area contributed by atoms with Gasteiger partial charge in [0.1, 0.15) is 5.39 Å². The number of fused-ring (bicyclic) bond motifs is 3. The minimum absolute atomic E-state index is 0.115. The van der Waals surface area contributed by atoms with E-state index in [1.807, 2.05) is 7.05 Å². The lowest BCUT2D eigenvalue weighted by Gasteiger charge is -2.47. The average Bonchev–Trinajstić information content (AvgIpc) is 3.32. The summed E-state index contributed by atoms with van der Waals surface area (Å²) in [5.74, 6) is 1.91. The quantitative estimate of drug-likeness (QED) is 0.889. The fourth-order valence-corrected chi connectivity index (χ4v) is 4.71. The molecule has 0 spiro atoms. The van der Waals surface area contributed by atoms with E-state index in [9.17, 15) is 4.79 Å². The fraction of sp³-hybridized carbons (Fsp3) is 0.706. The highest BCUT2D eigenvalue weighted by Gasteiger charge is 2.43. The predicted molar refractivity (Wildman–Crippen MR) is 92.0 cm³/mol. The summed E-state index contributed by atoms with van der Waals surface area (Å²) in [5, 5.41) is 8.26. The molecule has 7 heteroatoms. The first kappa shape index (κ1) is 14.5. The molecule has 24 heavy (non-hydrogen) atoms. The van der Waals surface area contributed by atoms with Crippen molar-refractivity contribution in [2.75, 3.05) is 18.4 Å². The lowest BCUT2D eigenvalue weighted by Crippen LogP contribution is -2.55. The number of aromatic nitrogens is 4. The zero-order valence-electron chi connectivity index (χ0n) is 14.0. The molecule has 2 aromatic rings. The molecule has 2 atom stereocenters. The summed E-state index contributed by atoms with van der Waals surface area (Å²) in [5.41, 5.74) is 0.526. The summed E-state index contributed by atoms with van der Waals surface area (Å²) in [6, 6.07) is 1.26. The second kappa shape index (κ2) is 5.31. The smallest absolute Gasteiger partial charge is 0.263 e. The molecule has 3 fully saturated rings. The Labute approximate surface area is 140 Å². The van der Waals surface area contributed by atoms with Crippen molar-refractivity contribution >= 4 is 17.0 Å². The Balaban J connectivity index is 1.42. The molecule has 0 aromatic carbocycles. The maximum atomic E-state index is 12.3. The minimum atomic E-state index is -0.115. The molecule has 2 aliphatic carbocycles. The van der Waals surface area contributed by atoms with E-state index in [4.69, 9.17) is 0 Å². The zero-order chi connectivity index (χ0) is 16.3. The van der Waals surface area contributed by atoms with Crippen LogP contribution >= 0.6 is 0 Å². The van der Waals surface area contributed by atoms with E-state index in [2.05, 4.69) is 25.3 Å². The number of nitrogens with one attached hydrogen (secondary N) is 2. The van der Waals surface area contributed by atoms with E-state index in [-0.39, 0.29) is 5.56 Å². The minimum Gasteiger partial charge on any atom is -0.352 e. The Bertz CT molecular complexity index is 808. The van der Waals surface area contributed by atoms with Crippen molar-refractivity contribution in [3.8, 4) is 0 Å². The van der Waals surface area contributed by atoms with Gasteiger partial charge >= 0.3 is 0 Å². The van der Waals surface area contributed by atoms with Crippen LogP contribution in [0.25, 0.3) is 11.0 Å². The van der Waals surface area contributed by atoms with E-state index < -0.39 is 0 Å². The summed E-state index contributed by atoms with van der Waals surface area (Å²) in [4.78, 5) is 22.5. The molecule has 0 amide bonds. The molecule has 1 saturated heterocycles. The van der Waals surface area contributed by atoms with Gasteiger partial charge in [-0.1, -0.05) is 6.42 Å². The maximum Gasteiger partial charge on any atom is 0.263 e. The predicted octanol–water partition coefficient (Wildman–Crippen LogP) is 1.33. The van der Waals surface area contributed by atoms with Gasteiger partial charge in [-0.25, -0.2) is 0 Å². The van der Waals surface area contributed by atoms with Crippen LogP contribution in [0.1, 0.15) is 32.1 Å². The van der Waals surface area contributed by atoms with Gasteiger partial charge in [0.15, 0.2) is 5.65 Å². The molecule has 3 aliphatic rings. The van der Waals surface area contributed by atoms with Crippen LogP contribution in [0, 0.1) is 11.8 Å². The molecule has 3 heterocycles. The van der Waals surface area contributed by atoms with Gasteiger partial charge in [-0.2, -0.15) is 10.1 Å². The number of hydrogen-bond acceptors (Lipinski definition) is 5. The van der Waals surface area contributed by atoms with E-state index in [1.54, 1.807) is 10.9 Å². The van der Waals surface area contributed by atoms with Gasteiger partial charge in [0.2, 0.25) is 5.95 Å². The summed E-state index contributed by atoms with van der Waals surface area (Å²) in [6.07, 6.45) is 8.21. The van der Waals surface area contributed by atoms with Gasteiger partial charge in [-0.05, 0) is 37.5 Å². The first-order valence-electron chi connectivity index (χ1n) is 9.11. The molecule has 5 rings (SSSR count). The number of H-pyrrole nitrogens is 1. The van der Waals surface area contributed by atoms with Gasteiger partial charge in [-0.15, -0.1) is 0 Å². The number of aromatic amines is 1. The van der Waals surface area contributed by atoms with Gasteiger partial charge in [-0.3, -0.25) is 19.4 Å². The van der Waals surface area contributed by atoms with E-state index >= 15 is 0 Å². The molecule has 2 bridgehead atoms. The third kappa shape index (κ3) is 2.33. The van der Waals surface area contributed by atoms with Crippen molar-refractivity contribution in [3.63, 3.8) is 0 Å². The molecular formula is C17H24N6O. The number of likely N-dealkylation sites (tertiary alicyclic amines) is 1. The molecule has 128 valence electrons. The van der Waals surface area contributed by atoms with E-state index in [0.717, 1.165) is 6.04 Å². The fourth-order valence-electron chi connectivity index (χ4n) is 4.71. The highest BCUT2D eigenvalue weighted by Crippen LogP contribution is 2.40. The Morgan fingerprint density at radius 2 is 1.96 bits per heavy atom. The Morgan fingerprint density at radius 1 is 1.21 bits per heavy atom. The molecule has 2 N–H and O–H groups in total. The van der Waals surface area contributed by atoms with Crippen LogP contribution in [-0.4, -0.2) is 49.8 Å². The van der Waals surface area contributed by atoms with Crippen LogP contribution in [0.3, 0.4) is 0 Å². The zero-order valence-corrected chi connectivity index (χ0v) is 14.0. The second-order valence-electron chi connectivity index (χ2n) is 7.73. The standard InChI is InChI=1S/C17H24N6O/c1-22-15-13(7-18-22)16(24)21-17(20-15)19-14-10-3-2-4-11(14)9-23(8-10)12-5-6-12/h7,10-12,14H,2-6,8-9H2,1H3,(H2,19,20,21,24)/t10-,11-/m0/s1. The third-order valence-electron chi connectivity index (χ3n) is 6.07. The molecule has 0 radical (unpaired) electrons. The van der Waals surface area contributed by atoms with Crippen molar-refractivity contribution in [2.45, 2.75) is 44.2 Å². The van der Waals surface area contributed by atoms with Crippen LogP contribution in [0.5, 0.6) is 0 Å². The number of rotatable bonds is 3. The van der Waals surface area contributed by atoms with Crippen LogP contribution in [-0.2, 0) is 7.05 Å². The summed E-state index contributed by atoms with van der Waals surface area (Å²) in [6.45, 7) is 2.38. The van der Waals surface area contributed by atoms with Crippen molar-refractivity contribution in [2.24, 2.45) is 18.9 Å². The number of nitrogens with zero attached hydrogens (tertiary/aromatic N) is 4. The molecule has 2 aromatic heterocycles. The molecular weight excluding hydrogens is 304 g/mol. The second-order valence-corrected chi connectivity index (χ2v) is 7.73. The average molecular weight is 328 g/mol. The Kier molecular flexibility index (Phi) is 3.20. The lowest BCUT2D eigenvalue weighted by molar-refractivity contribution is 0.0663. The number of aryl methyl sites for hydroxylation is 1. The number of hydrogen-bond donors (Lipinski definition) is 2. The highest BCUT2D eigenvalue weighted by molar-refractivity contribution is 5.74. The van der Waals surface area contributed by atoms with E-state index in [0.29, 0.717) is 34.9 Å². The summed E-state index contributed by atoms with van der Waals surface area (Å²) >= 11 is 0. The van der Waals surface area contributed by atoms with Gasteiger partial charge < -0.3 is 5.32 Å². The number of anilines is 1. The normalized spacial score (nSPS) is 30.6. The molecule has 0 unspecified atom stereocenters. The lowest BCUT2D eigenvalue weighted by atomic mass is 9.73. The third-order valence-corrected chi connectivity index (χ3v) is 6.07. The molecule has 7 nitrogen and oxygen atoms in total. The first-order valence-corrected chi connectivity index (χ1v) is 9.11. The van der Waals surface area contributed by atoms with Crippen molar-refractivity contribution in [1.82, 2.24) is 24.6 Å². The van der Waals surface area contributed by atoms with Crippen LogP contribution in [0.2, 0.25) is 0 Å². The van der Waals surface area contributed by atoms with Crippen molar-refractivity contribution in [1.29, 1.82) is 0 Å². The van der Waals surface area contributed by atoms with Crippen LogP contribution in [0.4, 0.5) is 5.95 Å². The van der Waals surface area contributed by atoms with Gasteiger partial charge in [0.05, 0.1) is 6.20 Å². The largest absolute Gasteiger partial charge is 0.352 e. The SMILES string of the molecule is Cn1ncc2c(=O)[nH]c(NC3[C@H]4CCC[C@H]3CN(C3CC3)C4)nc21. The molecule has 2 saturated carbocycles. The Morgan fingerprint density at radius 3 is 2.67 bits per heavy atom. The topological polar surface area (TPSA) is 78.8 Å². The van der Waals surface area contributed by atoms with Crippen LogP contribution in [0.15, 0.2) is 11.0 Å². The van der Waals surface area contributed by atoms with Gasteiger partial charge in [0, 0.05) is 32.2 Å². The first-order chi connectivity index (χ1) is 11.7. The summed E-state index contributed by atoms with van der Waals surface area (Å²) in [7, 11) is 1.82. The van der Waals surface area contributed by atoms with Gasteiger partial charge in [0.25, 0.3) is 5.56 Å². The van der Waals surface area contributed by atoms with E-state index in [1.165, 1.54) is 45.2 Å². The highest BCUT2D eigenvalue weighted by atomic mass is 16.1. The maximum absolute atomic E-state index is 12.3. The monoisotopic (exact) mass is 328 g/mol. The van der Waals surface area contributed by atoms with Crippen molar-refractivity contribution in [3.05, 3.63) is 16.6 Å². The molecule has 1 aliphatic heterocycles. The summed E-state index contributed by atoms with van der Waals surface area (Å²) < 4.78 is 1.66. The van der Waals surface area contributed by atoms with Crippen molar-refractivity contribution < 1.29 is 0 Å².